The molecule has 3 rings (SSSR count). The van der Waals surface area contributed by atoms with Crippen molar-refractivity contribution in [2.75, 3.05) is 45.7 Å². The van der Waals surface area contributed by atoms with Crippen molar-refractivity contribution < 1.29 is 14.3 Å². The van der Waals surface area contributed by atoms with E-state index in [2.05, 4.69) is 12.1 Å². The van der Waals surface area contributed by atoms with E-state index in [-0.39, 0.29) is 30.9 Å². The molecule has 6 heteroatoms. The number of carbonyl (C=O) groups excluding carboxylic acids is 2. The second kappa shape index (κ2) is 8.89. The molecule has 1 atom stereocenters. The molecule has 0 unspecified atom stereocenters. The summed E-state index contributed by atoms with van der Waals surface area (Å²) in [5, 5.41) is 0. The highest BCUT2D eigenvalue weighted by atomic mass is 16.5. The molecule has 28 heavy (non-hydrogen) atoms. The van der Waals surface area contributed by atoms with Gasteiger partial charge in [0.15, 0.2) is 0 Å². The third-order valence-electron chi connectivity index (χ3n) is 4.89. The number of hydrogen-bond donors (Lipinski definition) is 0. The maximum atomic E-state index is 12.9. The summed E-state index contributed by atoms with van der Waals surface area (Å²) in [5.41, 5.74) is 1.94. The minimum absolute atomic E-state index is 0.0235. The summed E-state index contributed by atoms with van der Waals surface area (Å²) in [6, 6.07) is 17.5. The number of likely N-dealkylation sites (N-methyl/N-ethyl adjacent to an activating group) is 1. The van der Waals surface area contributed by atoms with Gasteiger partial charge in [-0.25, -0.2) is 0 Å². The number of ether oxygens (including phenoxy) is 1. The first-order chi connectivity index (χ1) is 13.5. The Balaban J connectivity index is 1.87. The number of methoxy groups -OCH3 is 1. The fourth-order valence-corrected chi connectivity index (χ4v) is 3.51. The Morgan fingerprint density at radius 3 is 2.57 bits per heavy atom. The number of anilines is 1. The molecule has 0 bridgehead atoms. The minimum atomic E-state index is -0.0845. The summed E-state index contributed by atoms with van der Waals surface area (Å²) in [7, 11) is 5.33. The summed E-state index contributed by atoms with van der Waals surface area (Å²) in [6.07, 6.45) is 0.702. The normalized spacial score (nSPS) is 17.1. The van der Waals surface area contributed by atoms with Gasteiger partial charge in [-0.2, -0.15) is 0 Å². The van der Waals surface area contributed by atoms with Gasteiger partial charge in [0.25, 0.3) is 0 Å². The van der Waals surface area contributed by atoms with Crippen LogP contribution in [0.25, 0.3) is 0 Å². The van der Waals surface area contributed by atoms with Crippen LogP contribution in [0.2, 0.25) is 0 Å². The quantitative estimate of drug-likeness (QED) is 0.769. The second-order valence-corrected chi connectivity index (χ2v) is 7.31. The van der Waals surface area contributed by atoms with Crippen LogP contribution in [-0.4, -0.2) is 68.5 Å². The van der Waals surface area contributed by atoms with Crippen LogP contribution < -0.4 is 9.64 Å². The van der Waals surface area contributed by atoms with Crippen molar-refractivity contribution in [3.63, 3.8) is 0 Å². The summed E-state index contributed by atoms with van der Waals surface area (Å²) in [6.45, 7) is 0.833. The largest absolute Gasteiger partial charge is 0.497 e. The van der Waals surface area contributed by atoms with Crippen LogP contribution >= 0.6 is 0 Å². The van der Waals surface area contributed by atoms with Gasteiger partial charge in [0, 0.05) is 18.3 Å². The van der Waals surface area contributed by atoms with Gasteiger partial charge in [-0.1, -0.05) is 36.4 Å². The molecule has 0 N–H and O–H groups in total. The molecule has 2 aromatic carbocycles. The van der Waals surface area contributed by atoms with Crippen LogP contribution in [0.1, 0.15) is 5.56 Å². The van der Waals surface area contributed by atoms with Gasteiger partial charge in [0.1, 0.15) is 12.3 Å². The first kappa shape index (κ1) is 19.9. The molecule has 6 nitrogen and oxygen atoms in total. The molecule has 2 amide bonds. The zero-order valence-corrected chi connectivity index (χ0v) is 16.7. The number of carbonyl (C=O) groups is 2. The van der Waals surface area contributed by atoms with Gasteiger partial charge in [0.05, 0.1) is 19.7 Å². The Labute approximate surface area is 166 Å². The van der Waals surface area contributed by atoms with E-state index in [0.29, 0.717) is 18.7 Å². The van der Waals surface area contributed by atoms with Gasteiger partial charge in [-0.3, -0.25) is 9.59 Å². The van der Waals surface area contributed by atoms with Gasteiger partial charge in [-0.15, -0.1) is 0 Å². The molecule has 1 saturated heterocycles. The van der Waals surface area contributed by atoms with Crippen LogP contribution in [-0.2, 0) is 16.0 Å². The summed E-state index contributed by atoms with van der Waals surface area (Å²) in [5.74, 6) is 0.602. The molecule has 2 aromatic rings. The Morgan fingerprint density at radius 2 is 1.89 bits per heavy atom. The van der Waals surface area contributed by atoms with Crippen LogP contribution in [0.3, 0.4) is 0 Å². The third-order valence-corrected chi connectivity index (χ3v) is 4.89. The van der Waals surface area contributed by atoms with Crippen molar-refractivity contribution in [1.82, 2.24) is 9.80 Å². The molecule has 1 aliphatic heterocycles. The second-order valence-electron chi connectivity index (χ2n) is 7.31. The maximum Gasteiger partial charge on any atom is 0.246 e. The van der Waals surface area contributed by atoms with E-state index in [1.54, 1.807) is 16.9 Å². The van der Waals surface area contributed by atoms with Crippen LogP contribution in [0.4, 0.5) is 5.69 Å². The van der Waals surface area contributed by atoms with Gasteiger partial charge >= 0.3 is 0 Å². The number of benzene rings is 2. The fraction of sp³-hybridized carbons (Fsp3) is 0.364. The first-order valence-corrected chi connectivity index (χ1v) is 9.40. The van der Waals surface area contributed by atoms with Crippen molar-refractivity contribution in [3.8, 4) is 5.75 Å². The zero-order chi connectivity index (χ0) is 20.1. The lowest BCUT2D eigenvalue weighted by atomic mass is 10.0. The highest BCUT2D eigenvalue weighted by molar-refractivity contribution is 5.98. The fourth-order valence-electron chi connectivity index (χ4n) is 3.51. The van der Waals surface area contributed by atoms with Crippen molar-refractivity contribution in [3.05, 3.63) is 60.2 Å². The van der Waals surface area contributed by atoms with E-state index in [1.165, 1.54) is 0 Å². The summed E-state index contributed by atoms with van der Waals surface area (Å²) < 4.78 is 5.30. The molecule has 0 spiro atoms. The van der Waals surface area contributed by atoms with Crippen molar-refractivity contribution in [1.29, 1.82) is 0 Å². The summed E-state index contributed by atoms with van der Waals surface area (Å²) >= 11 is 0. The average Bonchev–Trinajstić information content (AvgIpc) is 2.69. The lowest BCUT2D eigenvalue weighted by Crippen LogP contribution is -2.60. The zero-order valence-electron chi connectivity index (χ0n) is 16.7. The topological polar surface area (TPSA) is 53.1 Å². The highest BCUT2D eigenvalue weighted by Crippen LogP contribution is 2.25. The average molecular weight is 381 g/mol. The van der Waals surface area contributed by atoms with E-state index in [9.17, 15) is 9.59 Å². The maximum absolute atomic E-state index is 12.9. The smallest absolute Gasteiger partial charge is 0.246 e. The number of nitrogens with zero attached hydrogens (tertiary/aromatic N) is 3. The van der Waals surface area contributed by atoms with Crippen molar-refractivity contribution >= 4 is 17.5 Å². The van der Waals surface area contributed by atoms with E-state index >= 15 is 0 Å². The Morgan fingerprint density at radius 1 is 1.14 bits per heavy atom. The molecular formula is C22H27N3O3. The third kappa shape index (κ3) is 4.70. The Kier molecular flexibility index (Phi) is 6.31. The number of piperazine rings is 1. The monoisotopic (exact) mass is 381 g/mol. The molecular weight excluding hydrogens is 354 g/mol. The Bertz CT molecular complexity index is 823. The SMILES string of the molecule is COc1cccc(N2C[C@@H](Cc3ccccc3)N(C(=O)CN(C)C)CC2=O)c1. The first-order valence-electron chi connectivity index (χ1n) is 9.40. The number of amides is 2. The number of rotatable bonds is 6. The van der Waals surface area contributed by atoms with Gasteiger partial charge in [0.2, 0.25) is 11.8 Å². The van der Waals surface area contributed by atoms with Crippen LogP contribution in [0.5, 0.6) is 5.75 Å². The standard InChI is InChI=1S/C22H27N3O3/c1-23(2)15-21(26)25-16-22(27)24(18-10-7-11-20(13-18)28-3)14-19(25)12-17-8-5-4-6-9-17/h4-11,13,19H,12,14-16H2,1-3H3/t19-/m1/s1. The predicted octanol–water partition coefficient (Wildman–Crippen LogP) is 2.04. The molecule has 1 fully saturated rings. The predicted molar refractivity (Wildman–Crippen MR) is 110 cm³/mol. The van der Waals surface area contributed by atoms with E-state index in [0.717, 1.165) is 11.3 Å². The summed E-state index contributed by atoms with van der Waals surface area (Å²) in [4.78, 5) is 31.0. The van der Waals surface area contributed by atoms with E-state index in [1.807, 2.05) is 61.5 Å². The molecule has 0 aromatic heterocycles. The van der Waals surface area contributed by atoms with E-state index in [4.69, 9.17) is 4.74 Å². The van der Waals surface area contributed by atoms with Gasteiger partial charge < -0.3 is 19.4 Å². The van der Waals surface area contributed by atoms with Crippen molar-refractivity contribution in [2.24, 2.45) is 0 Å². The molecule has 1 aliphatic rings. The molecule has 1 heterocycles. The van der Waals surface area contributed by atoms with Crippen molar-refractivity contribution in [2.45, 2.75) is 12.5 Å². The number of hydrogen-bond acceptors (Lipinski definition) is 4. The lowest BCUT2D eigenvalue weighted by molar-refractivity contribution is -0.140. The Hall–Kier alpha value is -2.86. The molecule has 148 valence electrons. The van der Waals surface area contributed by atoms with Crippen LogP contribution in [0, 0.1) is 0 Å². The van der Waals surface area contributed by atoms with Gasteiger partial charge in [-0.05, 0) is 38.2 Å². The minimum Gasteiger partial charge on any atom is -0.497 e. The molecule has 0 saturated carbocycles. The lowest BCUT2D eigenvalue weighted by Gasteiger charge is -2.41. The van der Waals surface area contributed by atoms with Crippen LogP contribution in [0.15, 0.2) is 54.6 Å². The molecule has 0 aliphatic carbocycles. The van der Waals surface area contributed by atoms with E-state index < -0.39 is 0 Å². The molecule has 0 radical (unpaired) electrons. The highest BCUT2D eigenvalue weighted by Gasteiger charge is 2.35.